The predicted octanol–water partition coefficient (Wildman–Crippen LogP) is 2.63. The van der Waals surface area contributed by atoms with E-state index in [4.69, 9.17) is 0 Å². The summed E-state index contributed by atoms with van der Waals surface area (Å²) in [5.41, 5.74) is 0.328. The molecule has 0 unspecified atom stereocenters. The highest BCUT2D eigenvalue weighted by Gasteiger charge is 2.37. The van der Waals surface area contributed by atoms with Gasteiger partial charge in [-0.2, -0.15) is 0 Å². The van der Waals surface area contributed by atoms with Crippen LogP contribution >= 0.6 is 0 Å². The van der Waals surface area contributed by atoms with E-state index in [0.29, 0.717) is 31.5 Å². The third kappa shape index (κ3) is 4.99. The monoisotopic (exact) mass is 415 g/mol. The largest absolute Gasteiger partial charge is 0.352 e. The van der Waals surface area contributed by atoms with Crippen molar-refractivity contribution >= 4 is 17.7 Å². The van der Waals surface area contributed by atoms with Gasteiger partial charge in [-0.1, -0.05) is 12.8 Å². The number of piperidine rings is 1. The van der Waals surface area contributed by atoms with Gasteiger partial charge in [0.05, 0.1) is 0 Å². The van der Waals surface area contributed by atoms with Gasteiger partial charge in [0.2, 0.25) is 11.8 Å². The maximum Gasteiger partial charge on any atom is 0.251 e. The molecule has 4 rings (SSSR count). The number of hydrogen-bond acceptors (Lipinski definition) is 3. The van der Waals surface area contributed by atoms with Crippen molar-refractivity contribution in [1.29, 1.82) is 0 Å². The highest BCUT2D eigenvalue weighted by molar-refractivity contribution is 5.97. The summed E-state index contributed by atoms with van der Waals surface area (Å²) < 4.78 is 13.2. The Hall–Kier alpha value is -2.44. The molecule has 2 N–H and O–H groups in total. The first-order valence-electron chi connectivity index (χ1n) is 11.2. The summed E-state index contributed by atoms with van der Waals surface area (Å²) in [7, 11) is 0. The lowest BCUT2D eigenvalue weighted by Crippen LogP contribution is -2.54. The van der Waals surface area contributed by atoms with Crippen molar-refractivity contribution in [2.45, 2.75) is 63.5 Å². The summed E-state index contributed by atoms with van der Waals surface area (Å²) in [6.45, 7) is 1.25. The number of carbonyl (C=O) groups is 3. The minimum atomic E-state index is -0.646. The minimum Gasteiger partial charge on any atom is -0.352 e. The highest BCUT2D eigenvalue weighted by Crippen LogP contribution is 2.29. The van der Waals surface area contributed by atoms with Crippen molar-refractivity contribution in [2.24, 2.45) is 11.8 Å². The summed E-state index contributed by atoms with van der Waals surface area (Å²) in [4.78, 5) is 40.2. The van der Waals surface area contributed by atoms with Crippen LogP contribution in [0.15, 0.2) is 24.3 Å². The standard InChI is InChI=1S/C23H30FN3O3/c24-18-7-5-16(6-8-18)21(28)26-20(22(29)25-19-9-10-19)15-11-13-27(14-12-15)23(30)17-3-1-2-4-17/h5-8,15,17,19-20H,1-4,9-14H2,(H,25,29)(H,26,28)/t20-/m0/s1. The molecular weight excluding hydrogens is 385 g/mol. The van der Waals surface area contributed by atoms with Crippen molar-refractivity contribution < 1.29 is 18.8 Å². The van der Waals surface area contributed by atoms with E-state index in [9.17, 15) is 18.8 Å². The molecule has 162 valence electrons. The van der Waals surface area contributed by atoms with Gasteiger partial charge in [0.1, 0.15) is 11.9 Å². The summed E-state index contributed by atoms with van der Waals surface area (Å²) in [6.07, 6.45) is 7.54. The van der Waals surface area contributed by atoms with Crippen molar-refractivity contribution in [3.63, 3.8) is 0 Å². The molecule has 3 fully saturated rings. The number of likely N-dealkylation sites (tertiary alicyclic amines) is 1. The summed E-state index contributed by atoms with van der Waals surface area (Å²) in [5, 5.41) is 5.88. The topological polar surface area (TPSA) is 78.5 Å². The van der Waals surface area contributed by atoms with Crippen molar-refractivity contribution in [2.75, 3.05) is 13.1 Å². The maximum absolute atomic E-state index is 13.2. The Bertz CT molecular complexity index is 779. The van der Waals surface area contributed by atoms with E-state index < -0.39 is 11.9 Å². The van der Waals surface area contributed by atoms with Gasteiger partial charge in [-0.15, -0.1) is 0 Å². The van der Waals surface area contributed by atoms with Gasteiger partial charge in [-0.25, -0.2) is 4.39 Å². The highest BCUT2D eigenvalue weighted by atomic mass is 19.1. The molecule has 0 spiro atoms. The van der Waals surface area contributed by atoms with Gasteiger partial charge < -0.3 is 15.5 Å². The number of amides is 3. The van der Waals surface area contributed by atoms with Crippen LogP contribution in [-0.4, -0.2) is 47.8 Å². The Kier molecular flexibility index (Phi) is 6.35. The Morgan fingerprint density at radius 3 is 2.17 bits per heavy atom. The van der Waals surface area contributed by atoms with Crippen LogP contribution in [0, 0.1) is 17.7 Å². The number of carbonyl (C=O) groups excluding carboxylic acids is 3. The molecule has 1 saturated heterocycles. The smallest absolute Gasteiger partial charge is 0.251 e. The zero-order chi connectivity index (χ0) is 21.1. The van der Waals surface area contributed by atoms with Crippen molar-refractivity contribution in [1.82, 2.24) is 15.5 Å². The number of nitrogens with zero attached hydrogens (tertiary/aromatic N) is 1. The van der Waals surface area contributed by atoms with Gasteiger partial charge in [0.25, 0.3) is 5.91 Å². The average Bonchev–Trinajstić information content (AvgIpc) is 3.40. The summed E-state index contributed by atoms with van der Waals surface area (Å²) in [6, 6.07) is 4.87. The van der Waals surface area contributed by atoms with Crippen LogP contribution in [0.1, 0.15) is 61.7 Å². The number of benzene rings is 1. The lowest BCUT2D eigenvalue weighted by molar-refractivity contribution is -0.137. The molecule has 1 aliphatic heterocycles. The predicted molar refractivity (Wildman–Crippen MR) is 110 cm³/mol. The van der Waals surface area contributed by atoms with Crippen LogP contribution in [0.2, 0.25) is 0 Å². The number of halogens is 1. The second-order valence-electron chi connectivity index (χ2n) is 8.88. The average molecular weight is 416 g/mol. The third-order valence-corrected chi connectivity index (χ3v) is 6.63. The second kappa shape index (κ2) is 9.14. The first-order valence-corrected chi connectivity index (χ1v) is 11.2. The fourth-order valence-electron chi connectivity index (χ4n) is 4.63. The molecule has 2 saturated carbocycles. The van der Waals surface area contributed by atoms with E-state index in [-0.39, 0.29) is 35.6 Å². The maximum atomic E-state index is 13.2. The van der Waals surface area contributed by atoms with Crippen LogP contribution < -0.4 is 10.6 Å². The number of nitrogens with one attached hydrogen (secondary N) is 2. The Morgan fingerprint density at radius 1 is 0.933 bits per heavy atom. The molecule has 0 bridgehead atoms. The molecule has 1 aromatic rings. The van der Waals surface area contributed by atoms with Gasteiger partial charge in [-0.05, 0) is 68.7 Å². The Balaban J connectivity index is 1.39. The van der Waals surface area contributed by atoms with Crippen LogP contribution in [0.4, 0.5) is 4.39 Å². The normalized spacial score (nSPS) is 21.3. The van der Waals surface area contributed by atoms with E-state index in [1.165, 1.54) is 24.3 Å². The number of rotatable bonds is 6. The fourth-order valence-corrected chi connectivity index (χ4v) is 4.63. The molecule has 0 aromatic heterocycles. The van der Waals surface area contributed by atoms with Crippen LogP contribution in [0.25, 0.3) is 0 Å². The minimum absolute atomic E-state index is 0.0271. The molecule has 0 radical (unpaired) electrons. The molecule has 7 heteroatoms. The third-order valence-electron chi connectivity index (χ3n) is 6.63. The molecule has 1 heterocycles. The Labute approximate surface area is 176 Å². The van der Waals surface area contributed by atoms with Gasteiger partial charge in [-0.3, -0.25) is 14.4 Å². The first-order chi connectivity index (χ1) is 14.5. The molecule has 6 nitrogen and oxygen atoms in total. The van der Waals surface area contributed by atoms with Crippen LogP contribution in [-0.2, 0) is 9.59 Å². The molecule has 2 aliphatic carbocycles. The zero-order valence-corrected chi connectivity index (χ0v) is 17.2. The molecule has 30 heavy (non-hydrogen) atoms. The molecule has 3 aliphatic rings. The summed E-state index contributed by atoms with van der Waals surface area (Å²) in [5.74, 6) is -0.562. The van der Waals surface area contributed by atoms with E-state index in [0.717, 1.165) is 38.5 Å². The molecular formula is C23H30FN3O3. The molecule has 1 aromatic carbocycles. The fraction of sp³-hybridized carbons (Fsp3) is 0.609. The van der Waals surface area contributed by atoms with Gasteiger partial charge >= 0.3 is 0 Å². The first kappa shape index (κ1) is 20.8. The molecule has 1 atom stereocenters. The van der Waals surface area contributed by atoms with Gasteiger partial charge in [0, 0.05) is 30.6 Å². The SMILES string of the molecule is O=C(N[C@H](C(=O)NC1CC1)C1CCN(C(=O)C2CCCC2)CC1)c1ccc(F)cc1. The zero-order valence-electron chi connectivity index (χ0n) is 17.2. The van der Waals surface area contributed by atoms with Gasteiger partial charge in [0.15, 0.2) is 0 Å². The number of hydrogen-bond donors (Lipinski definition) is 2. The Morgan fingerprint density at radius 2 is 1.57 bits per heavy atom. The lowest BCUT2D eigenvalue weighted by Gasteiger charge is -2.36. The molecule has 3 amide bonds. The van der Waals surface area contributed by atoms with Crippen molar-refractivity contribution in [3.8, 4) is 0 Å². The van der Waals surface area contributed by atoms with E-state index >= 15 is 0 Å². The van der Waals surface area contributed by atoms with Crippen LogP contribution in [0.3, 0.4) is 0 Å². The summed E-state index contributed by atoms with van der Waals surface area (Å²) >= 11 is 0. The van der Waals surface area contributed by atoms with E-state index in [2.05, 4.69) is 10.6 Å². The quantitative estimate of drug-likeness (QED) is 0.750. The van der Waals surface area contributed by atoms with E-state index in [1.54, 1.807) is 0 Å². The second-order valence-corrected chi connectivity index (χ2v) is 8.88. The van der Waals surface area contributed by atoms with E-state index in [1.807, 2.05) is 4.90 Å². The van der Waals surface area contributed by atoms with Crippen molar-refractivity contribution in [3.05, 3.63) is 35.6 Å². The van der Waals surface area contributed by atoms with Crippen LogP contribution in [0.5, 0.6) is 0 Å². The lowest BCUT2D eigenvalue weighted by atomic mass is 9.87.